The third kappa shape index (κ3) is 6.68. The molecule has 0 atom stereocenters. The molecule has 1 saturated carbocycles. The van der Waals surface area contributed by atoms with Crippen LogP contribution < -0.4 is 4.74 Å². The Balaban J connectivity index is 1.45. The van der Waals surface area contributed by atoms with Crippen molar-refractivity contribution in [3.63, 3.8) is 0 Å². The van der Waals surface area contributed by atoms with Crippen molar-refractivity contribution in [3.8, 4) is 17.0 Å². The maximum absolute atomic E-state index is 12.6. The van der Waals surface area contributed by atoms with Crippen LogP contribution >= 0.6 is 0 Å². The molecule has 1 aromatic heterocycles. The van der Waals surface area contributed by atoms with Crippen LogP contribution in [0, 0.1) is 11.8 Å². The van der Waals surface area contributed by atoms with Gasteiger partial charge >= 0.3 is 5.97 Å². The van der Waals surface area contributed by atoms with Gasteiger partial charge < -0.3 is 4.74 Å². The summed E-state index contributed by atoms with van der Waals surface area (Å²) in [4.78, 5) is 17.2. The fourth-order valence-corrected chi connectivity index (χ4v) is 4.47. The van der Waals surface area contributed by atoms with Gasteiger partial charge in [-0.2, -0.15) is 0 Å². The predicted octanol–water partition coefficient (Wildman–Crippen LogP) is 7.38. The van der Waals surface area contributed by atoms with Crippen molar-refractivity contribution in [3.05, 3.63) is 48.2 Å². The van der Waals surface area contributed by atoms with Gasteiger partial charge in [-0.05, 0) is 73.9 Å². The molecule has 0 aliphatic heterocycles. The van der Waals surface area contributed by atoms with Gasteiger partial charge in [0.15, 0.2) is 0 Å². The van der Waals surface area contributed by atoms with Gasteiger partial charge in [-0.3, -0.25) is 9.78 Å². The zero-order valence-corrected chi connectivity index (χ0v) is 18.7. The van der Waals surface area contributed by atoms with Crippen LogP contribution in [0.5, 0.6) is 5.75 Å². The molecule has 0 saturated heterocycles. The maximum atomic E-state index is 12.6. The summed E-state index contributed by atoms with van der Waals surface area (Å²) in [5.74, 6) is 1.44. The number of benzene rings is 1. The third-order valence-electron chi connectivity index (χ3n) is 6.38. The van der Waals surface area contributed by atoms with Crippen LogP contribution in [0.2, 0.25) is 0 Å². The van der Waals surface area contributed by atoms with Crippen molar-refractivity contribution in [2.75, 3.05) is 0 Å². The van der Waals surface area contributed by atoms with Gasteiger partial charge in [-0.15, -0.1) is 0 Å². The molecular formula is C27H37NO2. The molecule has 162 valence electrons. The Morgan fingerprint density at radius 1 is 0.933 bits per heavy atom. The first kappa shape index (κ1) is 22.5. The fraction of sp³-hybridized carbons (Fsp3) is 0.556. The van der Waals surface area contributed by atoms with Crippen LogP contribution in [-0.4, -0.2) is 11.0 Å². The van der Waals surface area contributed by atoms with E-state index in [0.717, 1.165) is 42.9 Å². The Kier molecular flexibility index (Phi) is 8.92. The van der Waals surface area contributed by atoms with Gasteiger partial charge in [0.05, 0.1) is 11.6 Å². The Morgan fingerprint density at radius 3 is 2.33 bits per heavy atom. The summed E-state index contributed by atoms with van der Waals surface area (Å²) in [7, 11) is 0. The molecular weight excluding hydrogens is 370 g/mol. The molecule has 1 heterocycles. The van der Waals surface area contributed by atoms with Crippen molar-refractivity contribution < 1.29 is 9.53 Å². The van der Waals surface area contributed by atoms with Crippen LogP contribution in [-0.2, 0) is 11.2 Å². The monoisotopic (exact) mass is 407 g/mol. The number of carbonyl (C=O) groups excluding carboxylic acids is 1. The Labute approximate surface area is 182 Å². The number of pyridine rings is 1. The first-order valence-corrected chi connectivity index (χ1v) is 12.0. The standard InChI is InChI=1S/C27H37NO2/c1-3-5-6-7-9-21-10-13-24(14-11-21)27(29)30-25-17-15-23(16-18-25)26-19-12-22(8-4-2)20-28-26/h12,15-21,24H,3-11,13-14H2,1-2H3/t21-,24-. The average molecular weight is 408 g/mol. The van der Waals surface area contributed by atoms with Crippen molar-refractivity contribution in [2.24, 2.45) is 11.8 Å². The van der Waals surface area contributed by atoms with Crippen molar-refractivity contribution in [1.82, 2.24) is 4.98 Å². The zero-order chi connectivity index (χ0) is 21.2. The number of hydrogen-bond donors (Lipinski definition) is 0. The van der Waals surface area contributed by atoms with Crippen molar-refractivity contribution >= 4 is 5.97 Å². The van der Waals surface area contributed by atoms with Gasteiger partial charge in [-0.1, -0.05) is 58.4 Å². The molecule has 1 aliphatic rings. The maximum Gasteiger partial charge on any atom is 0.314 e. The first-order valence-electron chi connectivity index (χ1n) is 12.0. The Morgan fingerprint density at radius 2 is 1.70 bits per heavy atom. The van der Waals surface area contributed by atoms with Crippen molar-refractivity contribution in [1.29, 1.82) is 0 Å². The quantitative estimate of drug-likeness (QED) is 0.234. The van der Waals surface area contributed by atoms with E-state index in [-0.39, 0.29) is 11.9 Å². The van der Waals surface area contributed by atoms with Crippen LogP contribution in [0.3, 0.4) is 0 Å². The number of rotatable bonds is 10. The van der Waals surface area contributed by atoms with E-state index in [1.54, 1.807) is 0 Å². The highest BCUT2D eigenvalue weighted by Crippen LogP contribution is 2.33. The number of hydrogen-bond acceptors (Lipinski definition) is 3. The van der Waals surface area contributed by atoms with Crippen molar-refractivity contribution in [2.45, 2.75) is 84.5 Å². The summed E-state index contributed by atoms with van der Waals surface area (Å²) in [6.07, 6.45) is 15.1. The molecule has 1 fully saturated rings. The highest BCUT2D eigenvalue weighted by molar-refractivity contribution is 5.75. The summed E-state index contributed by atoms with van der Waals surface area (Å²) >= 11 is 0. The minimum atomic E-state index is -0.0609. The number of ether oxygens (including phenoxy) is 1. The van der Waals surface area contributed by atoms with E-state index in [1.807, 2.05) is 30.5 Å². The van der Waals surface area contributed by atoms with Gasteiger partial charge in [0.2, 0.25) is 0 Å². The van der Waals surface area contributed by atoms with E-state index in [1.165, 1.54) is 50.5 Å². The van der Waals surface area contributed by atoms with Gasteiger partial charge in [-0.25, -0.2) is 0 Å². The van der Waals surface area contributed by atoms with Crippen LogP contribution in [0.25, 0.3) is 11.3 Å². The van der Waals surface area contributed by atoms with Gasteiger partial charge in [0.25, 0.3) is 0 Å². The van der Waals surface area contributed by atoms with E-state index >= 15 is 0 Å². The zero-order valence-electron chi connectivity index (χ0n) is 18.7. The molecule has 0 radical (unpaired) electrons. The Bertz CT molecular complexity index is 758. The van der Waals surface area contributed by atoms with E-state index < -0.39 is 0 Å². The lowest BCUT2D eigenvalue weighted by Crippen LogP contribution is -2.25. The summed E-state index contributed by atoms with van der Waals surface area (Å²) in [6, 6.07) is 11.9. The molecule has 30 heavy (non-hydrogen) atoms. The highest BCUT2D eigenvalue weighted by atomic mass is 16.5. The molecule has 2 aromatic rings. The highest BCUT2D eigenvalue weighted by Gasteiger charge is 2.27. The fourth-order valence-electron chi connectivity index (χ4n) is 4.47. The Hall–Kier alpha value is -2.16. The SMILES string of the molecule is CCCCCC[C@H]1CC[C@H](C(=O)Oc2ccc(-c3ccc(CCC)cn3)cc2)CC1. The minimum Gasteiger partial charge on any atom is -0.426 e. The minimum absolute atomic E-state index is 0.0596. The first-order chi connectivity index (χ1) is 14.7. The average Bonchev–Trinajstić information content (AvgIpc) is 2.78. The molecule has 3 nitrogen and oxygen atoms in total. The number of carbonyl (C=O) groups is 1. The predicted molar refractivity (Wildman–Crippen MR) is 124 cm³/mol. The second kappa shape index (κ2) is 11.9. The van der Waals surface area contributed by atoms with Gasteiger partial charge in [0.1, 0.15) is 5.75 Å². The van der Waals surface area contributed by atoms with E-state index in [9.17, 15) is 4.79 Å². The lowest BCUT2D eigenvalue weighted by molar-refractivity contribution is -0.140. The van der Waals surface area contributed by atoms with E-state index in [4.69, 9.17) is 4.74 Å². The normalized spacial score (nSPS) is 18.9. The molecule has 1 aromatic carbocycles. The van der Waals surface area contributed by atoms with Crippen LogP contribution in [0.1, 0.15) is 83.6 Å². The number of nitrogens with zero attached hydrogens (tertiary/aromatic N) is 1. The van der Waals surface area contributed by atoms with Crippen LogP contribution in [0.15, 0.2) is 42.6 Å². The molecule has 0 unspecified atom stereocenters. The van der Waals surface area contributed by atoms with E-state index in [2.05, 4.69) is 31.0 Å². The third-order valence-corrected chi connectivity index (χ3v) is 6.38. The molecule has 0 spiro atoms. The summed E-state index contributed by atoms with van der Waals surface area (Å²) in [5.41, 5.74) is 3.26. The number of aryl methyl sites for hydroxylation is 1. The second-order valence-corrected chi connectivity index (χ2v) is 8.81. The second-order valence-electron chi connectivity index (χ2n) is 8.81. The molecule has 0 N–H and O–H groups in total. The number of aromatic nitrogens is 1. The lowest BCUT2D eigenvalue weighted by atomic mass is 9.80. The summed E-state index contributed by atoms with van der Waals surface area (Å²) < 4.78 is 5.68. The topological polar surface area (TPSA) is 39.2 Å². The molecule has 3 heteroatoms. The van der Waals surface area contributed by atoms with E-state index in [0.29, 0.717) is 5.75 Å². The molecule has 1 aliphatic carbocycles. The lowest BCUT2D eigenvalue weighted by Gasteiger charge is -2.27. The molecule has 3 rings (SSSR count). The number of unbranched alkanes of at least 4 members (excludes halogenated alkanes) is 3. The number of esters is 1. The smallest absolute Gasteiger partial charge is 0.314 e. The molecule has 0 amide bonds. The largest absolute Gasteiger partial charge is 0.426 e. The van der Waals surface area contributed by atoms with Gasteiger partial charge in [0, 0.05) is 11.8 Å². The summed E-state index contributed by atoms with van der Waals surface area (Å²) in [6.45, 7) is 4.43. The summed E-state index contributed by atoms with van der Waals surface area (Å²) in [5, 5.41) is 0. The molecule has 0 bridgehead atoms. The van der Waals surface area contributed by atoms with Crippen LogP contribution in [0.4, 0.5) is 0 Å².